The summed E-state index contributed by atoms with van der Waals surface area (Å²) in [7, 11) is 0. The van der Waals surface area contributed by atoms with Gasteiger partial charge in [0.05, 0.1) is 22.4 Å². The van der Waals surface area contributed by atoms with Crippen LogP contribution in [0.25, 0.3) is 77.3 Å². The Bertz CT molecular complexity index is 2070. The molecule has 0 amide bonds. The number of benzene rings is 7. The number of hydrogen-bond acceptors (Lipinski definition) is 2. The summed E-state index contributed by atoms with van der Waals surface area (Å²) in [6, 6.07) is 55.7. The van der Waals surface area contributed by atoms with Gasteiger partial charge in [0.1, 0.15) is 0 Å². The highest BCUT2D eigenvalue weighted by Gasteiger charge is 2.14. The lowest BCUT2D eigenvalue weighted by Crippen LogP contribution is -1.95. The minimum Gasteiger partial charge on any atom is -0.244 e. The zero-order chi connectivity index (χ0) is 27.9. The highest BCUT2D eigenvalue weighted by molar-refractivity contribution is 5.90. The van der Waals surface area contributed by atoms with Gasteiger partial charge in [-0.3, -0.25) is 0 Å². The first kappa shape index (κ1) is 24.2. The first-order valence-electron chi connectivity index (χ1n) is 14.2. The molecule has 2 nitrogen and oxygen atoms in total. The summed E-state index contributed by atoms with van der Waals surface area (Å²) >= 11 is 0. The molecule has 0 bridgehead atoms. The highest BCUT2D eigenvalue weighted by Crippen LogP contribution is 2.34. The van der Waals surface area contributed by atoms with Crippen LogP contribution in [0.3, 0.4) is 0 Å². The summed E-state index contributed by atoms with van der Waals surface area (Å²) in [5, 5.41) is 4.99. The molecule has 7 aromatic carbocycles. The molecule has 42 heavy (non-hydrogen) atoms. The smallest absolute Gasteiger partial charge is 0.0973 e. The van der Waals surface area contributed by atoms with Crippen molar-refractivity contribution < 1.29 is 0 Å². The molecule has 1 aromatic heterocycles. The number of para-hydroxylation sites is 2. The lowest BCUT2D eigenvalue weighted by molar-refractivity contribution is 1.29. The van der Waals surface area contributed by atoms with Crippen LogP contribution in [0.1, 0.15) is 0 Å². The maximum atomic E-state index is 5.12. The van der Waals surface area contributed by atoms with Crippen LogP contribution in [0.15, 0.2) is 158 Å². The van der Waals surface area contributed by atoms with E-state index in [1.807, 2.05) is 24.3 Å². The molecule has 0 saturated carbocycles. The van der Waals surface area contributed by atoms with Gasteiger partial charge in [0.2, 0.25) is 0 Å². The van der Waals surface area contributed by atoms with Crippen molar-refractivity contribution in [3.8, 4) is 44.8 Å². The first-order valence-corrected chi connectivity index (χ1v) is 14.2. The minimum absolute atomic E-state index is 0.886. The van der Waals surface area contributed by atoms with E-state index in [2.05, 4.69) is 133 Å². The zero-order valence-corrected chi connectivity index (χ0v) is 22.9. The van der Waals surface area contributed by atoms with Crippen LogP contribution in [0.2, 0.25) is 0 Å². The van der Waals surface area contributed by atoms with E-state index in [1.165, 1.54) is 43.8 Å². The normalized spacial score (nSPS) is 11.3. The molecule has 0 N–H and O–H groups in total. The zero-order valence-electron chi connectivity index (χ0n) is 22.9. The predicted octanol–water partition coefficient (Wildman–Crippen LogP) is 10.6. The summed E-state index contributed by atoms with van der Waals surface area (Å²) in [4.78, 5) is 10.2. The van der Waals surface area contributed by atoms with Gasteiger partial charge in [-0.1, -0.05) is 133 Å². The van der Waals surface area contributed by atoms with E-state index >= 15 is 0 Å². The van der Waals surface area contributed by atoms with Gasteiger partial charge in [-0.25, -0.2) is 9.97 Å². The van der Waals surface area contributed by atoms with Gasteiger partial charge >= 0.3 is 0 Å². The molecule has 0 spiro atoms. The molecule has 0 aliphatic heterocycles. The molecule has 0 radical (unpaired) electrons. The average Bonchev–Trinajstić information content (AvgIpc) is 3.07. The van der Waals surface area contributed by atoms with E-state index in [0.29, 0.717) is 0 Å². The van der Waals surface area contributed by atoms with Crippen LogP contribution in [-0.2, 0) is 0 Å². The van der Waals surface area contributed by atoms with Gasteiger partial charge in [0.25, 0.3) is 0 Å². The lowest BCUT2D eigenvalue weighted by atomic mass is 9.97. The predicted molar refractivity (Wildman–Crippen MR) is 176 cm³/mol. The van der Waals surface area contributed by atoms with Crippen molar-refractivity contribution >= 4 is 32.6 Å². The molecule has 2 heteroatoms. The summed E-state index contributed by atoms with van der Waals surface area (Å²) < 4.78 is 0. The van der Waals surface area contributed by atoms with E-state index in [-0.39, 0.29) is 0 Å². The van der Waals surface area contributed by atoms with Gasteiger partial charge in [-0.05, 0) is 68.1 Å². The fourth-order valence-corrected chi connectivity index (χ4v) is 5.78. The standard InChI is InChI=1S/C40H26N2/c1-3-9-33-25-35(23-17-27(33)7-1)29-13-19-31(20-14-29)39-40(42-38-12-6-5-11-37(38)41-39)32-21-15-30(16-22-32)36-24-18-28-8-2-4-10-34(28)26-36/h1-26H. The van der Waals surface area contributed by atoms with Crippen molar-refractivity contribution in [3.05, 3.63) is 158 Å². The van der Waals surface area contributed by atoms with Crippen molar-refractivity contribution in [2.45, 2.75) is 0 Å². The molecule has 0 saturated heterocycles. The Morgan fingerprint density at radius 2 is 0.595 bits per heavy atom. The van der Waals surface area contributed by atoms with Crippen LogP contribution < -0.4 is 0 Å². The molecule has 0 aliphatic rings. The van der Waals surface area contributed by atoms with Gasteiger partial charge in [0, 0.05) is 11.1 Å². The maximum absolute atomic E-state index is 5.12. The molecule has 1 heterocycles. The minimum atomic E-state index is 0.886. The van der Waals surface area contributed by atoms with Gasteiger partial charge in [0.15, 0.2) is 0 Å². The van der Waals surface area contributed by atoms with E-state index in [4.69, 9.17) is 9.97 Å². The molecule has 0 aliphatic carbocycles. The Kier molecular flexibility index (Phi) is 5.82. The Labute approximate surface area is 244 Å². The Morgan fingerprint density at radius 3 is 1.02 bits per heavy atom. The molecule has 8 rings (SSSR count). The highest BCUT2D eigenvalue weighted by atomic mass is 14.8. The van der Waals surface area contributed by atoms with E-state index in [1.54, 1.807) is 0 Å². The van der Waals surface area contributed by atoms with Crippen molar-refractivity contribution in [3.63, 3.8) is 0 Å². The van der Waals surface area contributed by atoms with Gasteiger partial charge in [-0.2, -0.15) is 0 Å². The summed E-state index contributed by atoms with van der Waals surface area (Å²) in [5.74, 6) is 0. The number of nitrogens with zero attached hydrogens (tertiary/aromatic N) is 2. The second-order valence-corrected chi connectivity index (χ2v) is 10.7. The SMILES string of the molecule is c1ccc2cc(-c3ccc(-c4nc5ccccc5nc4-c4ccc(-c5ccc6ccccc6c5)cc4)cc3)ccc2c1. The van der Waals surface area contributed by atoms with E-state index in [0.717, 1.165) is 33.5 Å². The Morgan fingerprint density at radius 1 is 0.262 bits per heavy atom. The van der Waals surface area contributed by atoms with E-state index < -0.39 is 0 Å². The molecule has 8 aromatic rings. The second kappa shape index (κ2) is 10.1. The van der Waals surface area contributed by atoms with Crippen LogP contribution >= 0.6 is 0 Å². The van der Waals surface area contributed by atoms with Crippen molar-refractivity contribution in [1.82, 2.24) is 9.97 Å². The Hall–Kier alpha value is -5.60. The topological polar surface area (TPSA) is 25.8 Å². The third kappa shape index (κ3) is 4.40. The molecule has 0 fully saturated rings. The largest absolute Gasteiger partial charge is 0.244 e. The lowest BCUT2D eigenvalue weighted by Gasteiger charge is -2.12. The average molecular weight is 535 g/mol. The molecule has 0 unspecified atom stereocenters. The number of rotatable bonds is 4. The maximum Gasteiger partial charge on any atom is 0.0973 e. The third-order valence-corrected chi connectivity index (χ3v) is 8.05. The van der Waals surface area contributed by atoms with Crippen LogP contribution in [-0.4, -0.2) is 9.97 Å². The van der Waals surface area contributed by atoms with Crippen LogP contribution in [0.5, 0.6) is 0 Å². The number of hydrogen-bond donors (Lipinski definition) is 0. The summed E-state index contributed by atoms with van der Waals surface area (Å²) in [6.45, 7) is 0. The van der Waals surface area contributed by atoms with E-state index in [9.17, 15) is 0 Å². The summed E-state index contributed by atoms with van der Waals surface area (Å²) in [5.41, 5.74) is 10.4. The molecule has 196 valence electrons. The third-order valence-electron chi connectivity index (χ3n) is 8.05. The molecular formula is C40H26N2. The summed E-state index contributed by atoms with van der Waals surface area (Å²) in [6.07, 6.45) is 0. The van der Waals surface area contributed by atoms with Crippen LogP contribution in [0.4, 0.5) is 0 Å². The Balaban J connectivity index is 1.19. The van der Waals surface area contributed by atoms with Crippen molar-refractivity contribution in [1.29, 1.82) is 0 Å². The first-order chi connectivity index (χ1) is 20.8. The number of fused-ring (bicyclic) bond motifs is 3. The van der Waals surface area contributed by atoms with Crippen LogP contribution in [0, 0.1) is 0 Å². The fraction of sp³-hybridized carbons (Fsp3) is 0. The molecular weight excluding hydrogens is 508 g/mol. The fourth-order valence-electron chi connectivity index (χ4n) is 5.78. The van der Waals surface area contributed by atoms with Crippen molar-refractivity contribution in [2.75, 3.05) is 0 Å². The quantitative estimate of drug-likeness (QED) is 0.224. The van der Waals surface area contributed by atoms with Gasteiger partial charge < -0.3 is 0 Å². The van der Waals surface area contributed by atoms with Crippen molar-refractivity contribution in [2.24, 2.45) is 0 Å². The molecule has 0 atom stereocenters. The number of aromatic nitrogens is 2. The monoisotopic (exact) mass is 534 g/mol. The van der Waals surface area contributed by atoms with Gasteiger partial charge in [-0.15, -0.1) is 0 Å². The second-order valence-electron chi connectivity index (χ2n) is 10.7.